The molecule has 9 nitrogen and oxygen atoms in total. The maximum absolute atomic E-state index is 10.1. The van der Waals surface area contributed by atoms with E-state index in [0.717, 1.165) is 0 Å². The van der Waals surface area contributed by atoms with Gasteiger partial charge in [-0.05, 0) is 6.92 Å². The Bertz CT molecular complexity index is 382. The molecule has 0 amide bonds. The summed E-state index contributed by atoms with van der Waals surface area (Å²) in [4.78, 5) is 0. The molecule has 6 N–H and O–H groups in total. The molecule has 0 spiro atoms. The highest BCUT2D eigenvalue weighted by Gasteiger charge is 2.49. The summed E-state index contributed by atoms with van der Waals surface area (Å²) in [6.07, 6.45) is -12.2. The van der Waals surface area contributed by atoms with Gasteiger partial charge in [0.05, 0.1) is 18.8 Å². The average molecular weight is 356 g/mol. The number of rotatable bonds is 4. The summed E-state index contributed by atoms with van der Waals surface area (Å²) in [6, 6.07) is 0. The Labute approximate surface area is 138 Å². The molecule has 0 radical (unpaired) electrons. The quantitative estimate of drug-likeness (QED) is 0.256. The van der Waals surface area contributed by atoms with Crippen molar-refractivity contribution in [1.29, 1.82) is 0 Å². The van der Waals surface area contributed by atoms with Crippen LogP contribution in [0, 0.1) is 0 Å². The Morgan fingerprint density at radius 3 is 2.09 bits per heavy atom. The van der Waals surface area contributed by atoms with Crippen LogP contribution in [0.2, 0.25) is 0 Å². The molecule has 0 saturated carbocycles. The van der Waals surface area contributed by atoms with Crippen LogP contribution in [-0.4, -0.2) is 104 Å². The van der Waals surface area contributed by atoms with E-state index in [0.29, 0.717) is 0 Å². The van der Waals surface area contributed by atoms with Crippen LogP contribution in [0.4, 0.5) is 0 Å². The predicted octanol–water partition coefficient (Wildman–Crippen LogP) is -3.39. The lowest BCUT2D eigenvalue weighted by Gasteiger charge is -2.45. The molecule has 10 heteroatoms. The third-order valence-corrected chi connectivity index (χ3v) is 4.60. The zero-order chi connectivity index (χ0) is 17.3. The van der Waals surface area contributed by atoms with E-state index in [4.69, 9.17) is 14.2 Å². The molecule has 136 valence electrons. The highest BCUT2D eigenvalue weighted by atomic mass is 32.1. The zero-order valence-corrected chi connectivity index (χ0v) is 13.4. The van der Waals surface area contributed by atoms with Gasteiger partial charge in [-0.1, -0.05) is 0 Å². The normalized spacial score (nSPS) is 51.7. The van der Waals surface area contributed by atoms with Gasteiger partial charge in [-0.25, -0.2) is 0 Å². The Kier molecular flexibility index (Phi) is 6.65. The van der Waals surface area contributed by atoms with Crippen LogP contribution in [-0.2, 0) is 14.2 Å². The first kappa shape index (κ1) is 19.3. The van der Waals surface area contributed by atoms with E-state index < -0.39 is 67.8 Å². The van der Waals surface area contributed by atoms with Gasteiger partial charge in [0.15, 0.2) is 6.29 Å². The van der Waals surface area contributed by atoms with Gasteiger partial charge in [-0.2, -0.15) is 12.6 Å². The molecule has 4 unspecified atom stereocenters. The summed E-state index contributed by atoms with van der Waals surface area (Å²) < 4.78 is 16.2. The standard InChI is InChI=1S/C13H24O9S/c1-4-7(15)10(18)12(5(2-14)20-4)22-13-11(19)9(17)8(16)6(3-23)21-13/h4-19,23H,2-3H2,1H3/t4-,5?,6?,7?,8+,9+,10-,11?,12-,13+/m1/s1. The van der Waals surface area contributed by atoms with Gasteiger partial charge in [0, 0.05) is 5.75 Å². The molecule has 2 heterocycles. The summed E-state index contributed by atoms with van der Waals surface area (Å²) in [5.41, 5.74) is 0. The summed E-state index contributed by atoms with van der Waals surface area (Å²) in [5.74, 6) is 0.0671. The lowest BCUT2D eigenvalue weighted by Crippen LogP contribution is -2.64. The van der Waals surface area contributed by atoms with E-state index in [9.17, 15) is 30.6 Å². The van der Waals surface area contributed by atoms with E-state index >= 15 is 0 Å². The second-order valence-electron chi connectivity index (χ2n) is 5.84. The van der Waals surface area contributed by atoms with Crippen molar-refractivity contribution in [2.75, 3.05) is 12.4 Å². The van der Waals surface area contributed by atoms with Crippen molar-refractivity contribution >= 4 is 12.6 Å². The molecular weight excluding hydrogens is 332 g/mol. The fraction of sp³-hybridized carbons (Fsp3) is 1.00. The molecule has 2 saturated heterocycles. The fourth-order valence-corrected chi connectivity index (χ4v) is 3.08. The molecular formula is C13H24O9S. The largest absolute Gasteiger partial charge is 0.394 e. The van der Waals surface area contributed by atoms with Crippen molar-refractivity contribution in [2.24, 2.45) is 0 Å². The van der Waals surface area contributed by atoms with Crippen molar-refractivity contribution < 1.29 is 44.8 Å². The summed E-state index contributed by atoms with van der Waals surface area (Å²) >= 11 is 3.99. The van der Waals surface area contributed by atoms with Gasteiger partial charge < -0.3 is 44.8 Å². The molecule has 0 aromatic rings. The number of ether oxygens (including phenoxy) is 3. The Hall–Kier alpha value is -0.0100. The van der Waals surface area contributed by atoms with Crippen molar-refractivity contribution in [3.63, 3.8) is 0 Å². The number of aliphatic hydroxyl groups excluding tert-OH is 6. The molecule has 2 rings (SSSR count). The molecule has 2 aliphatic rings. The van der Waals surface area contributed by atoms with E-state index in [1.165, 1.54) is 6.92 Å². The van der Waals surface area contributed by atoms with Gasteiger partial charge in [0.1, 0.15) is 42.7 Å². The van der Waals surface area contributed by atoms with Crippen molar-refractivity contribution in [3.05, 3.63) is 0 Å². The van der Waals surface area contributed by atoms with Crippen LogP contribution in [0.3, 0.4) is 0 Å². The number of thiol groups is 1. The fourth-order valence-electron chi connectivity index (χ4n) is 2.78. The van der Waals surface area contributed by atoms with Crippen LogP contribution in [0.5, 0.6) is 0 Å². The van der Waals surface area contributed by atoms with Crippen LogP contribution in [0.25, 0.3) is 0 Å². The number of hydrogen-bond acceptors (Lipinski definition) is 10. The lowest BCUT2D eigenvalue weighted by molar-refractivity contribution is -0.336. The maximum atomic E-state index is 10.1. The SMILES string of the molecule is C[C@H]1OC(CO)[C@@H](O[C@@H]2OC(CS)[C@H](O)[C@H](O)C2O)[C@H](O)C1O. The Morgan fingerprint density at radius 2 is 1.52 bits per heavy atom. The smallest absolute Gasteiger partial charge is 0.187 e. The minimum atomic E-state index is -1.58. The van der Waals surface area contributed by atoms with Crippen molar-refractivity contribution in [1.82, 2.24) is 0 Å². The summed E-state index contributed by atoms with van der Waals surface area (Å²) in [7, 11) is 0. The van der Waals surface area contributed by atoms with E-state index in [1.807, 2.05) is 0 Å². The van der Waals surface area contributed by atoms with Gasteiger partial charge in [-0.15, -0.1) is 0 Å². The van der Waals surface area contributed by atoms with Crippen LogP contribution in [0.1, 0.15) is 6.92 Å². The lowest BCUT2D eigenvalue weighted by atomic mass is 9.95. The van der Waals surface area contributed by atoms with Gasteiger partial charge >= 0.3 is 0 Å². The molecule has 0 aromatic carbocycles. The first-order valence-electron chi connectivity index (χ1n) is 7.40. The van der Waals surface area contributed by atoms with E-state index in [1.54, 1.807) is 0 Å². The Balaban J connectivity index is 2.11. The van der Waals surface area contributed by atoms with Crippen LogP contribution < -0.4 is 0 Å². The number of hydrogen-bond donors (Lipinski definition) is 7. The maximum Gasteiger partial charge on any atom is 0.187 e. The first-order chi connectivity index (χ1) is 10.8. The zero-order valence-electron chi connectivity index (χ0n) is 12.5. The summed E-state index contributed by atoms with van der Waals surface area (Å²) in [5, 5.41) is 59.0. The minimum absolute atomic E-state index is 0.0671. The van der Waals surface area contributed by atoms with Crippen molar-refractivity contribution in [2.45, 2.75) is 68.1 Å². The highest BCUT2D eigenvalue weighted by Crippen LogP contribution is 2.29. The van der Waals surface area contributed by atoms with Gasteiger partial charge in [0.25, 0.3) is 0 Å². The second kappa shape index (κ2) is 7.91. The average Bonchev–Trinajstić information content (AvgIpc) is 2.55. The molecule has 0 aromatic heterocycles. The predicted molar refractivity (Wildman–Crippen MR) is 78.8 cm³/mol. The van der Waals surface area contributed by atoms with Crippen LogP contribution in [0.15, 0.2) is 0 Å². The number of aliphatic hydroxyl groups is 6. The van der Waals surface area contributed by atoms with Crippen LogP contribution >= 0.6 is 12.6 Å². The molecule has 2 fully saturated rings. The van der Waals surface area contributed by atoms with Crippen molar-refractivity contribution in [3.8, 4) is 0 Å². The molecule has 23 heavy (non-hydrogen) atoms. The van der Waals surface area contributed by atoms with E-state index in [2.05, 4.69) is 12.6 Å². The third-order valence-electron chi connectivity index (χ3n) is 4.24. The molecule has 0 bridgehead atoms. The Morgan fingerprint density at radius 1 is 0.870 bits per heavy atom. The highest BCUT2D eigenvalue weighted by molar-refractivity contribution is 7.80. The topological polar surface area (TPSA) is 149 Å². The van der Waals surface area contributed by atoms with Gasteiger partial charge in [0.2, 0.25) is 0 Å². The van der Waals surface area contributed by atoms with Gasteiger partial charge in [-0.3, -0.25) is 0 Å². The molecule has 0 aliphatic carbocycles. The van der Waals surface area contributed by atoms with E-state index in [-0.39, 0.29) is 5.75 Å². The monoisotopic (exact) mass is 356 g/mol. The third kappa shape index (κ3) is 3.82. The summed E-state index contributed by atoms with van der Waals surface area (Å²) in [6.45, 7) is 1.05. The minimum Gasteiger partial charge on any atom is -0.394 e. The second-order valence-corrected chi connectivity index (χ2v) is 6.21. The first-order valence-corrected chi connectivity index (χ1v) is 8.03. The molecule has 10 atom stereocenters. The molecule has 2 aliphatic heterocycles.